The zero-order valence-corrected chi connectivity index (χ0v) is 22.0. The number of fused-ring (bicyclic) bond motifs is 1. The molecule has 0 aliphatic carbocycles. The molecule has 0 spiro atoms. The van der Waals surface area contributed by atoms with E-state index in [1.807, 2.05) is 12.1 Å². The van der Waals surface area contributed by atoms with Gasteiger partial charge in [0.2, 0.25) is 0 Å². The lowest BCUT2D eigenvalue weighted by molar-refractivity contribution is -0.141. The molecular formula is C28H32N6O5. The maximum Gasteiger partial charge on any atom is 0.435 e. The van der Waals surface area contributed by atoms with Crippen LogP contribution in [0.15, 0.2) is 54.6 Å². The number of aliphatic hydroxyl groups is 1. The van der Waals surface area contributed by atoms with Gasteiger partial charge in [-0.05, 0) is 43.8 Å². The van der Waals surface area contributed by atoms with Gasteiger partial charge in [-0.2, -0.15) is 4.68 Å². The molecule has 1 fully saturated rings. The number of hydrogen-bond acceptors (Lipinski definition) is 8. The normalized spacial score (nSPS) is 16.1. The molecule has 11 heteroatoms. The van der Waals surface area contributed by atoms with Crippen molar-refractivity contribution in [3.8, 4) is 0 Å². The molecule has 0 unspecified atom stereocenters. The van der Waals surface area contributed by atoms with Gasteiger partial charge in [-0.3, -0.25) is 9.59 Å². The summed E-state index contributed by atoms with van der Waals surface area (Å²) in [7, 11) is 2.10. The number of rotatable bonds is 6. The number of nitrogens with one attached hydrogen (secondary N) is 1. The Morgan fingerprint density at radius 2 is 1.69 bits per heavy atom. The van der Waals surface area contributed by atoms with Gasteiger partial charge in [0, 0.05) is 43.0 Å². The van der Waals surface area contributed by atoms with E-state index in [9.17, 15) is 19.5 Å². The third-order valence-corrected chi connectivity index (χ3v) is 7.11. The fraction of sp³-hybridized carbons (Fsp3) is 0.357. The molecule has 5 rings (SSSR count). The summed E-state index contributed by atoms with van der Waals surface area (Å²) in [4.78, 5) is 44.8. The Morgan fingerprint density at radius 3 is 2.36 bits per heavy atom. The van der Waals surface area contributed by atoms with Gasteiger partial charge >= 0.3 is 6.09 Å². The number of benzene rings is 2. The summed E-state index contributed by atoms with van der Waals surface area (Å²) < 4.78 is 6.21. The van der Waals surface area contributed by atoms with Crippen molar-refractivity contribution in [2.24, 2.45) is 0 Å². The van der Waals surface area contributed by atoms with E-state index >= 15 is 0 Å². The lowest BCUT2D eigenvalue weighted by Crippen LogP contribution is -2.44. The number of carbonyl (C=O) groups is 3. The van der Waals surface area contributed by atoms with Crippen molar-refractivity contribution in [2.45, 2.75) is 26.1 Å². The van der Waals surface area contributed by atoms with Crippen molar-refractivity contribution in [1.82, 2.24) is 19.6 Å². The standard InChI is InChI=1S/C28H32N6O5/c1-3-39-28(38)34-23-18-33(27(37)24(35)19-7-5-4-6-8-19)17-22(23)25(30-34)29-26(36)20-9-11-21(12-10-20)32-15-13-31(2)14-16-32/h4-12,24,35H,3,13-18H2,1-2H3,(H,29,30,36)/t24-/m1/s1. The summed E-state index contributed by atoms with van der Waals surface area (Å²) in [5.41, 5.74) is 2.93. The smallest absolute Gasteiger partial charge is 0.435 e. The lowest BCUT2D eigenvalue weighted by Gasteiger charge is -2.34. The zero-order chi connectivity index (χ0) is 27.5. The van der Waals surface area contributed by atoms with E-state index in [1.165, 1.54) is 4.90 Å². The highest BCUT2D eigenvalue weighted by atomic mass is 16.6. The third-order valence-electron chi connectivity index (χ3n) is 7.11. The van der Waals surface area contributed by atoms with Crippen LogP contribution in [0.25, 0.3) is 0 Å². The Kier molecular flexibility index (Phi) is 7.62. The van der Waals surface area contributed by atoms with Crippen LogP contribution in [0.2, 0.25) is 0 Å². The van der Waals surface area contributed by atoms with Gasteiger partial charge in [0.1, 0.15) is 0 Å². The van der Waals surface area contributed by atoms with Crippen LogP contribution >= 0.6 is 0 Å². The van der Waals surface area contributed by atoms with Crippen LogP contribution in [-0.2, 0) is 22.6 Å². The maximum absolute atomic E-state index is 13.1. The number of aromatic nitrogens is 2. The molecule has 2 N–H and O–H groups in total. The van der Waals surface area contributed by atoms with E-state index < -0.39 is 18.1 Å². The predicted molar refractivity (Wildman–Crippen MR) is 144 cm³/mol. The zero-order valence-electron chi connectivity index (χ0n) is 22.0. The molecule has 3 aromatic rings. The molecule has 0 radical (unpaired) electrons. The first kappa shape index (κ1) is 26.4. The highest BCUT2D eigenvalue weighted by molar-refractivity contribution is 6.04. The molecule has 2 amide bonds. The SMILES string of the molecule is CCOC(=O)n1nc(NC(=O)c2ccc(N3CCN(C)CC3)cc2)c2c1CN(C(=O)[C@H](O)c1ccccc1)C2. The second-order valence-electron chi connectivity index (χ2n) is 9.68. The fourth-order valence-electron chi connectivity index (χ4n) is 4.85. The molecular weight excluding hydrogens is 500 g/mol. The monoisotopic (exact) mass is 532 g/mol. The summed E-state index contributed by atoms with van der Waals surface area (Å²) in [5.74, 6) is -0.717. The van der Waals surface area contributed by atoms with Crippen LogP contribution in [-0.4, -0.2) is 82.4 Å². The summed E-state index contributed by atoms with van der Waals surface area (Å²) in [6.45, 7) is 5.76. The second kappa shape index (κ2) is 11.3. The molecule has 0 saturated carbocycles. The molecule has 2 aliphatic rings. The molecule has 1 saturated heterocycles. The van der Waals surface area contributed by atoms with Gasteiger partial charge in [0.05, 0.1) is 25.4 Å². The Balaban J connectivity index is 1.34. The van der Waals surface area contributed by atoms with E-state index in [2.05, 4.69) is 27.3 Å². The molecule has 2 aliphatic heterocycles. The number of anilines is 2. The molecule has 2 aromatic carbocycles. The third kappa shape index (κ3) is 5.50. The Bertz CT molecular complexity index is 1350. The van der Waals surface area contributed by atoms with E-state index in [4.69, 9.17) is 4.74 Å². The first-order valence-electron chi connectivity index (χ1n) is 13.0. The van der Waals surface area contributed by atoms with Crippen LogP contribution in [0.3, 0.4) is 0 Å². The molecule has 39 heavy (non-hydrogen) atoms. The Morgan fingerprint density at radius 1 is 1.00 bits per heavy atom. The van der Waals surface area contributed by atoms with Crippen molar-refractivity contribution in [1.29, 1.82) is 0 Å². The first-order chi connectivity index (χ1) is 18.9. The van der Waals surface area contributed by atoms with Crippen LogP contribution in [0.5, 0.6) is 0 Å². The molecule has 204 valence electrons. The summed E-state index contributed by atoms with van der Waals surface area (Å²) >= 11 is 0. The minimum atomic E-state index is -1.35. The van der Waals surface area contributed by atoms with Crippen LogP contribution in [0, 0.1) is 0 Å². The largest absolute Gasteiger partial charge is 0.448 e. The molecule has 3 heterocycles. The number of likely N-dealkylation sites (N-methyl/N-ethyl adjacent to an activating group) is 1. The number of ether oxygens (including phenoxy) is 1. The number of carbonyl (C=O) groups excluding carboxylic acids is 3. The van der Waals surface area contributed by atoms with Gasteiger partial charge in [0.25, 0.3) is 11.8 Å². The Hall–Kier alpha value is -4.22. The van der Waals surface area contributed by atoms with Crippen LogP contribution in [0.1, 0.15) is 40.2 Å². The van der Waals surface area contributed by atoms with Gasteiger partial charge in [-0.1, -0.05) is 30.3 Å². The number of aliphatic hydroxyl groups excluding tert-OH is 1. The molecule has 0 bridgehead atoms. The van der Waals surface area contributed by atoms with Gasteiger partial charge in [-0.25, -0.2) is 4.79 Å². The van der Waals surface area contributed by atoms with Crippen LogP contribution < -0.4 is 10.2 Å². The van der Waals surface area contributed by atoms with E-state index in [0.29, 0.717) is 22.4 Å². The first-order valence-corrected chi connectivity index (χ1v) is 13.0. The minimum absolute atomic E-state index is 0.0411. The van der Waals surface area contributed by atoms with E-state index in [-0.39, 0.29) is 31.4 Å². The summed E-state index contributed by atoms with van der Waals surface area (Å²) in [5, 5.41) is 17.8. The molecule has 1 atom stereocenters. The fourth-order valence-corrected chi connectivity index (χ4v) is 4.85. The van der Waals surface area contributed by atoms with Crippen LogP contribution in [0.4, 0.5) is 16.3 Å². The number of amides is 2. The van der Waals surface area contributed by atoms with E-state index in [1.54, 1.807) is 49.4 Å². The number of nitrogens with zero attached hydrogens (tertiary/aromatic N) is 5. The average Bonchev–Trinajstić information content (AvgIpc) is 3.54. The van der Waals surface area contributed by atoms with Gasteiger partial charge in [-0.15, -0.1) is 5.10 Å². The second-order valence-corrected chi connectivity index (χ2v) is 9.68. The highest BCUT2D eigenvalue weighted by Crippen LogP contribution is 2.32. The predicted octanol–water partition coefficient (Wildman–Crippen LogP) is 2.47. The summed E-state index contributed by atoms with van der Waals surface area (Å²) in [6, 6.07) is 16.0. The Labute approximate surface area is 226 Å². The van der Waals surface area contributed by atoms with Crippen molar-refractivity contribution < 1.29 is 24.2 Å². The topological polar surface area (TPSA) is 120 Å². The van der Waals surface area contributed by atoms with Crippen molar-refractivity contribution in [2.75, 3.05) is 50.1 Å². The summed E-state index contributed by atoms with van der Waals surface area (Å²) in [6.07, 6.45) is -2.06. The van der Waals surface area contributed by atoms with Crippen molar-refractivity contribution in [3.05, 3.63) is 77.0 Å². The molecule has 1 aromatic heterocycles. The van der Waals surface area contributed by atoms with Gasteiger partial charge in [0.15, 0.2) is 11.9 Å². The average molecular weight is 533 g/mol. The van der Waals surface area contributed by atoms with Gasteiger partial charge < -0.3 is 29.9 Å². The quantitative estimate of drug-likeness (QED) is 0.497. The number of piperazine rings is 1. The highest BCUT2D eigenvalue weighted by Gasteiger charge is 2.36. The van der Waals surface area contributed by atoms with E-state index in [0.717, 1.165) is 36.5 Å². The lowest BCUT2D eigenvalue weighted by atomic mass is 10.1. The van der Waals surface area contributed by atoms with Crippen molar-refractivity contribution in [3.63, 3.8) is 0 Å². The van der Waals surface area contributed by atoms with Crippen molar-refractivity contribution >= 4 is 29.4 Å². The molecule has 11 nitrogen and oxygen atoms in total. The minimum Gasteiger partial charge on any atom is -0.448 e. The number of hydrogen-bond donors (Lipinski definition) is 2. The maximum atomic E-state index is 13.1.